The highest BCUT2D eigenvalue weighted by molar-refractivity contribution is 7.07. The molecule has 1 aliphatic heterocycles. The average molecular weight is 367 g/mol. The predicted molar refractivity (Wildman–Crippen MR) is 100 cm³/mol. The van der Waals surface area contributed by atoms with Crippen LogP contribution in [0.2, 0.25) is 0 Å². The van der Waals surface area contributed by atoms with Gasteiger partial charge >= 0.3 is 0 Å². The van der Waals surface area contributed by atoms with Crippen LogP contribution in [0.4, 0.5) is 0 Å². The van der Waals surface area contributed by atoms with E-state index < -0.39 is 0 Å². The number of hydrogen-bond donors (Lipinski definition) is 0. The van der Waals surface area contributed by atoms with Crippen molar-refractivity contribution in [2.45, 2.75) is 32.2 Å². The van der Waals surface area contributed by atoms with Crippen LogP contribution in [0, 0.1) is 6.92 Å². The molecule has 4 rings (SSSR count). The van der Waals surface area contributed by atoms with E-state index in [1.807, 2.05) is 41.9 Å². The third kappa shape index (κ3) is 3.53. The number of thiazole rings is 1. The summed E-state index contributed by atoms with van der Waals surface area (Å²) in [5.74, 6) is 1.29. The number of hydrogen-bond acceptors (Lipinski definition) is 5. The SMILES string of the molecule is Cc1cccc(C(=O)N2CCC[C@@H](c3nccn3Cc3cscn3)C2)n1. The molecule has 0 unspecified atom stereocenters. The van der Waals surface area contributed by atoms with Gasteiger partial charge in [0.2, 0.25) is 0 Å². The topological polar surface area (TPSA) is 63.9 Å². The molecule has 0 saturated carbocycles. The van der Waals surface area contributed by atoms with Crippen LogP contribution in [-0.2, 0) is 6.54 Å². The normalized spacial score (nSPS) is 17.4. The lowest BCUT2D eigenvalue weighted by Crippen LogP contribution is -2.40. The van der Waals surface area contributed by atoms with Crippen LogP contribution >= 0.6 is 11.3 Å². The van der Waals surface area contributed by atoms with E-state index in [9.17, 15) is 4.79 Å². The van der Waals surface area contributed by atoms with Crippen LogP contribution in [0.15, 0.2) is 41.5 Å². The number of likely N-dealkylation sites (tertiary alicyclic amines) is 1. The Hall–Kier alpha value is -2.54. The van der Waals surface area contributed by atoms with Crippen molar-refractivity contribution in [1.29, 1.82) is 0 Å². The minimum absolute atomic E-state index is 0.0102. The van der Waals surface area contributed by atoms with Gasteiger partial charge in [0, 0.05) is 42.5 Å². The molecule has 3 aromatic heterocycles. The molecular weight excluding hydrogens is 346 g/mol. The number of aromatic nitrogens is 4. The smallest absolute Gasteiger partial charge is 0.272 e. The molecule has 26 heavy (non-hydrogen) atoms. The van der Waals surface area contributed by atoms with Crippen LogP contribution in [0.1, 0.15) is 46.5 Å². The number of carbonyl (C=O) groups is 1. The van der Waals surface area contributed by atoms with E-state index in [0.29, 0.717) is 12.2 Å². The van der Waals surface area contributed by atoms with Gasteiger partial charge in [-0.2, -0.15) is 0 Å². The Morgan fingerprint density at radius 3 is 3.08 bits per heavy atom. The summed E-state index contributed by atoms with van der Waals surface area (Å²) in [6.07, 6.45) is 5.85. The second kappa shape index (κ2) is 7.37. The Kier molecular flexibility index (Phi) is 4.79. The van der Waals surface area contributed by atoms with Gasteiger partial charge in [0.05, 0.1) is 17.7 Å². The fourth-order valence-corrected chi connectivity index (χ4v) is 4.05. The van der Waals surface area contributed by atoms with Crippen molar-refractivity contribution in [1.82, 2.24) is 24.4 Å². The Balaban J connectivity index is 1.51. The molecule has 0 bridgehead atoms. The summed E-state index contributed by atoms with van der Waals surface area (Å²) in [7, 11) is 0. The number of nitrogens with zero attached hydrogens (tertiary/aromatic N) is 5. The quantitative estimate of drug-likeness (QED) is 0.711. The molecule has 0 aromatic carbocycles. The first kappa shape index (κ1) is 16.9. The largest absolute Gasteiger partial charge is 0.337 e. The van der Waals surface area contributed by atoms with Crippen LogP contribution < -0.4 is 0 Å². The van der Waals surface area contributed by atoms with E-state index in [-0.39, 0.29) is 11.8 Å². The maximum absolute atomic E-state index is 12.8. The molecule has 0 aliphatic carbocycles. The van der Waals surface area contributed by atoms with Gasteiger partial charge in [0.25, 0.3) is 5.91 Å². The van der Waals surface area contributed by atoms with E-state index in [0.717, 1.165) is 43.1 Å². The molecule has 0 N–H and O–H groups in total. The van der Waals surface area contributed by atoms with E-state index in [1.54, 1.807) is 17.4 Å². The van der Waals surface area contributed by atoms with Gasteiger partial charge in [0.1, 0.15) is 11.5 Å². The van der Waals surface area contributed by atoms with Crippen molar-refractivity contribution in [3.8, 4) is 0 Å². The van der Waals surface area contributed by atoms with Crippen LogP contribution in [0.3, 0.4) is 0 Å². The number of rotatable bonds is 4. The molecule has 0 radical (unpaired) electrons. The van der Waals surface area contributed by atoms with Crippen LogP contribution in [0.5, 0.6) is 0 Å². The van der Waals surface area contributed by atoms with E-state index in [1.165, 1.54) is 0 Å². The van der Waals surface area contributed by atoms with Gasteiger partial charge in [-0.25, -0.2) is 15.0 Å². The number of imidazole rings is 1. The summed E-state index contributed by atoms with van der Waals surface area (Å²) in [6.45, 7) is 4.09. The summed E-state index contributed by atoms with van der Waals surface area (Å²) in [6, 6.07) is 5.59. The van der Waals surface area contributed by atoms with Crippen molar-refractivity contribution in [3.63, 3.8) is 0 Å². The molecule has 0 spiro atoms. The summed E-state index contributed by atoms with van der Waals surface area (Å²) in [5.41, 5.74) is 4.28. The van der Waals surface area contributed by atoms with Crippen LogP contribution in [0.25, 0.3) is 0 Å². The zero-order valence-corrected chi connectivity index (χ0v) is 15.5. The molecule has 134 valence electrons. The summed E-state index contributed by atoms with van der Waals surface area (Å²) in [5, 5.41) is 2.06. The first-order valence-corrected chi connectivity index (χ1v) is 9.76. The number of aryl methyl sites for hydroxylation is 1. The average Bonchev–Trinajstić information content (AvgIpc) is 3.34. The molecule has 1 amide bonds. The monoisotopic (exact) mass is 367 g/mol. The van der Waals surface area contributed by atoms with E-state index in [2.05, 4.69) is 24.9 Å². The molecule has 1 fully saturated rings. The second-order valence-corrected chi connectivity index (χ2v) is 7.37. The second-order valence-electron chi connectivity index (χ2n) is 6.65. The highest BCUT2D eigenvalue weighted by atomic mass is 32.1. The van der Waals surface area contributed by atoms with Crippen molar-refractivity contribution < 1.29 is 4.79 Å². The predicted octanol–water partition coefficient (Wildman–Crippen LogP) is 3.11. The van der Waals surface area contributed by atoms with Gasteiger partial charge in [0.15, 0.2) is 0 Å². The molecule has 1 aliphatic rings. The fourth-order valence-electron chi connectivity index (χ4n) is 3.50. The van der Waals surface area contributed by atoms with Gasteiger partial charge in [-0.15, -0.1) is 11.3 Å². The third-order valence-electron chi connectivity index (χ3n) is 4.74. The maximum atomic E-state index is 12.8. The minimum Gasteiger partial charge on any atom is -0.337 e. The van der Waals surface area contributed by atoms with Crippen molar-refractivity contribution in [2.24, 2.45) is 0 Å². The molecule has 1 atom stereocenters. The Morgan fingerprint density at radius 2 is 2.27 bits per heavy atom. The highest BCUT2D eigenvalue weighted by Gasteiger charge is 2.28. The lowest BCUT2D eigenvalue weighted by molar-refractivity contribution is 0.0697. The Labute approximate surface area is 156 Å². The fraction of sp³-hybridized carbons (Fsp3) is 0.368. The number of pyridine rings is 1. The van der Waals surface area contributed by atoms with Gasteiger partial charge in [-0.05, 0) is 31.9 Å². The van der Waals surface area contributed by atoms with Crippen molar-refractivity contribution in [3.05, 3.63) is 64.4 Å². The lowest BCUT2D eigenvalue weighted by atomic mass is 9.96. The highest BCUT2D eigenvalue weighted by Crippen LogP contribution is 2.27. The number of piperidine rings is 1. The summed E-state index contributed by atoms with van der Waals surface area (Å²) >= 11 is 1.60. The molecule has 3 aromatic rings. The number of carbonyl (C=O) groups excluding carboxylic acids is 1. The Morgan fingerprint density at radius 1 is 1.35 bits per heavy atom. The molecule has 7 heteroatoms. The summed E-state index contributed by atoms with van der Waals surface area (Å²) < 4.78 is 2.15. The zero-order valence-electron chi connectivity index (χ0n) is 14.7. The molecular formula is C19H21N5OS. The van der Waals surface area contributed by atoms with Gasteiger partial charge in [-0.1, -0.05) is 6.07 Å². The molecule has 1 saturated heterocycles. The first-order valence-electron chi connectivity index (χ1n) is 8.82. The molecule has 4 heterocycles. The van der Waals surface area contributed by atoms with E-state index >= 15 is 0 Å². The lowest BCUT2D eigenvalue weighted by Gasteiger charge is -2.32. The van der Waals surface area contributed by atoms with Crippen molar-refractivity contribution in [2.75, 3.05) is 13.1 Å². The van der Waals surface area contributed by atoms with Gasteiger partial charge in [-0.3, -0.25) is 4.79 Å². The third-order valence-corrected chi connectivity index (χ3v) is 5.38. The van der Waals surface area contributed by atoms with Gasteiger partial charge < -0.3 is 9.47 Å². The first-order chi connectivity index (χ1) is 12.7. The van der Waals surface area contributed by atoms with Crippen LogP contribution in [-0.4, -0.2) is 43.4 Å². The minimum atomic E-state index is 0.0102. The number of amides is 1. The maximum Gasteiger partial charge on any atom is 0.272 e. The standard InChI is InChI=1S/C19H21N5OS/c1-14-4-2-6-17(22-14)19(25)24-8-3-5-15(10-24)18-20-7-9-23(18)11-16-12-26-13-21-16/h2,4,6-7,9,12-13,15H,3,5,8,10-11H2,1H3/t15-/m1/s1. The Bertz CT molecular complexity index is 889. The van der Waals surface area contributed by atoms with E-state index in [4.69, 9.17) is 0 Å². The molecule has 6 nitrogen and oxygen atoms in total. The van der Waals surface area contributed by atoms with Crippen molar-refractivity contribution >= 4 is 17.2 Å². The zero-order chi connectivity index (χ0) is 17.9. The summed E-state index contributed by atoms with van der Waals surface area (Å²) in [4.78, 5) is 28.1.